The highest BCUT2D eigenvalue weighted by atomic mass is 15.5. The Kier molecular flexibility index (Phi) is 2.18. The lowest BCUT2D eigenvalue weighted by atomic mass is 10.3. The average Bonchev–Trinajstić information content (AvgIpc) is 2.94. The summed E-state index contributed by atoms with van der Waals surface area (Å²) in [4.78, 5) is 4.31. The van der Waals surface area contributed by atoms with E-state index in [1.54, 1.807) is 4.52 Å². The maximum absolute atomic E-state index is 4.31. The minimum atomic E-state index is 0.437. The normalized spacial score (nSPS) is 10.9. The third kappa shape index (κ3) is 1.92. The zero-order chi connectivity index (χ0) is 11.7. The number of nitrogens with one attached hydrogen (secondary N) is 2. The smallest absolute Gasteiger partial charge is 0.243 e. The van der Waals surface area contributed by atoms with Crippen LogP contribution < -0.4 is 5.32 Å². The maximum atomic E-state index is 4.31. The molecule has 17 heavy (non-hydrogen) atoms. The van der Waals surface area contributed by atoms with Gasteiger partial charge in [-0.15, -0.1) is 15.3 Å². The van der Waals surface area contributed by atoms with Crippen molar-refractivity contribution in [2.45, 2.75) is 13.5 Å². The number of aromatic amines is 1. The number of pyridine rings is 1. The molecule has 86 valence electrons. The fourth-order valence-electron chi connectivity index (χ4n) is 1.48. The van der Waals surface area contributed by atoms with E-state index < -0.39 is 0 Å². The van der Waals surface area contributed by atoms with Crippen LogP contribution in [0.3, 0.4) is 0 Å². The Morgan fingerprint density at radius 3 is 3.18 bits per heavy atom. The molecule has 0 aromatic carbocycles. The molecule has 0 aliphatic rings. The largest absolute Gasteiger partial charge is 0.345 e. The molecule has 3 heterocycles. The van der Waals surface area contributed by atoms with E-state index in [1.807, 2.05) is 25.3 Å². The molecule has 8 heteroatoms. The molecule has 0 aliphatic carbocycles. The fourth-order valence-corrected chi connectivity index (χ4v) is 1.48. The van der Waals surface area contributed by atoms with Gasteiger partial charge in [0.05, 0.1) is 6.54 Å². The second-order valence-corrected chi connectivity index (χ2v) is 3.63. The molecule has 3 aromatic heterocycles. The molecule has 0 atom stereocenters. The molecule has 2 N–H and O–H groups in total. The van der Waals surface area contributed by atoms with E-state index in [0.29, 0.717) is 18.3 Å². The SMILES string of the molecule is Cc1ccc2nc(NCc3nn[nH]n3)nn2c1. The van der Waals surface area contributed by atoms with Gasteiger partial charge in [0.2, 0.25) is 5.95 Å². The van der Waals surface area contributed by atoms with Gasteiger partial charge >= 0.3 is 0 Å². The topological polar surface area (TPSA) is 96.7 Å². The van der Waals surface area contributed by atoms with Crippen molar-refractivity contribution in [3.63, 3.8) is 0 Å². The highest BCUT2D eigenvalue weighted by Crippen LogP contribution is 2.07. The van der Waals surface area contributed by atoms with Crippen molar-refractivity contribution in [3.8, 4) is 0 Å². The molecule has 0 radical (unpaired) electrons. The van der Waals surface area contributed by atoms with Crippen molar-refractivity contribution in [1.29, 1.82) is 0 Å². The maximum Gasteiger partial charge on any atom is 0.243 e. The van der Waals surface area contributed by atoms with Gasteiger partial charge in [0.25, 0.3) is 0 Å². The van der Waals surface area contributed by atoms with Crippen LogP contribution in [0.2, 0.25) is 0 Å². The standard InChI is InChI=1S/C9H10N8/c1-6-2-3-8-11-9(14-17(8)5-6)10-4-7-12-15-16-13-7/h2-3,5H,4H2,1H3,(H,10,14)(H,12,13,15,16). The summed E-state index contributed by atoms with van der Waals surface area (Å²) in [6, 6.07) is 3.91. The minimum absolute atomic E-state index is 0.437. The number of nitrogens with zero attached hydrogens (tertiary/aromatic N) is 6. The minimum Gasteiger partial charge on any atom is -0.345 e. The quantitative estimate of drug-likeness (QED) is 0.665. The fraction of sp³-hybridized carbons (Fsp3) is 0.222. The molecule has 8 nitrogen and oxygen atoms in total. The summed E-state index contributed by atoms with van der Waals surface area (Å²) in [6.07, 6.45) is 1.92. The molecule has 0 bridgehead atoms. The zero-order valence-electron chi connectivity index (χ0n) is 9.12. The summed E-state index contributed by atoms with van der Waals surface area (Å²) in [5, 5.41) is 20.8. The van der Waals surface area contributed by atoms with Crippen molar-refractivity contribution in [2.75, 3.05) is 5.32 Å². The van der Waals surface area contributed by atoms with Crippen LogP contribution in [-0.4, -0.2) is 35.2 Å². The van der Waals surface area contributed by atoms with Crippen LogP contribution >= 0.6 is 0 Å². The lowest BCUT2D eigenvalue weighted by molar-refractivity contribution is 0.881. The van der Waals surface area contributed by atoms with E-state index in [2.05, 4.69) is 36.0 Å². The molecule has 0 saturated heterocycles. The number of hydrogen-bond acceptors (Lipinski definition) is 6. The van der Waals surface area contributed by atoms with E-state index in [4.69, 9.17) is 0 Å². The summed E-state index contributed by atoms with van der Waals surface area (Å²) in [5.74, 6) is 1.11. The summed E-state index contributed by atoms with van der Waals surface area (Å²) >= 11 is 0. The monoisotopic (exact) mass is 230 g/mol. The molecular formula is C9H10N8. The number of H-pyrrole nitrogens is 1. The second-order valence-electron chi connectivity index (χ2n) is 3.63. The van der Waals surface area contributed by atoms with Crippen molar-refractivity contribution >= 4 is 11.6 Å². The molecule has 3 aromatic rings. The van der Waals surface area contributed by atoms with Crippen molar-refractivity contribution in [2.24, 2.45) is 0 Å². The molecular weight excluding hydrogens is 220 g/mol. The van der Waals surface area contributed by atoms with Gasteiger partial charge in [-0.05, 0) is 18.6 Å². The van der Waals surface area contributed by atoms with E-state index >= 15 is 0 Å². The number of hydrogen-bond donors (Lipinski definition) is 2. The van der Waals surface area contributed by atoms with Gasteiger partial charge < -0.3 is 5.32 Å². The van der Waals surface area contributed by atoms with Crippen LogP contribution in [0.4, 0.5) is 5.95 Å². The van der Waals surface area contributed by atoms with Crippen LogP contribution in [0.5, 0.6) is 0 Å². The van der Waals surface area contributed by atoms with Gasteiger partial charge in [-0.2, -0.15) is 10.2 Å². The predicted octanol–water partition coefficient (Wildman–Crippen LogP) is 0.163. The Balaban J connectivity index is 1.81. The Morgan fingerprint density at radius 2 is 2.35 bits per heavy atom. The van der Waals surface area contributed by atoms with Crippen LogP contribution in [0.15, 0.2) is 18.3 Å². The van der Waals surface area contributed by atoms with E-state index in [9.17, 15) is 0 Å². The molecule has 0 saturated carbocycles. The van der Waals surface area contributed by atoms with Crippen LogP contribution in [0.1, 0.15) is 11.4 Å². The average molecular weight is 230 g/mol. The first-order valence-corrected chi connectivity index (χ1v) is 5.10. The van der Waals surface area contributed by atoms with Gasteiger partial charge in [-0.1, -0.05) is 11.3 Å². The van der Waals surface area contributed by atoms with Crippen molar-refractivity contribution in [3.05, 3.63) is 29.7 Å². The predicted molar refractivity (Wildman–Crippen MR) is 59.2 cm³/mol. The van der Waals surface area contributed by atoms with Crippen molar-refractivity contribution < 1.29 is 0 Å². The van der Waals surface area contributed by atoms with Gasteiger partial charge in [0.1, 0.15) is 0 Å². The summed E-state index contributed by atoms with van der Waals surface area (Å²) in [5.41, 5.74) is 1.93. The van der Waals surface area contributed by atoms with Gasteiger partial charge in [0.15, 0.2) is 11.5 Å². The summed E-state index contributed by atoms with van der Waals surface area (Å²) in [6.45, 7) is 2.44. The first kappa shape index (κ1) is 9.70. The molecule has 0 fully saturated rings. The Bertz CT molecular complexity index is 626. The van der Waals surface area contributed by atoms with E-state index in [-0.39, 0.29) is 0 Å². The lowest BCUT2D eigenvalue weighted by Crippen LogP contribution is -2.03. The van der Waals surface area contributed by atoms with Gasteiger partial charge in [-0.25, -0.2) is 4.52 Å². The number of aromatic nitrogens is 7. The summed E-state index contributed by atoms with van der Waals surface area (Å²) in [7, 11) is 0. The lowest BCUT2D eigenvalue weighted by Gasteiger charge is -1.94. The van der Waals surface area contributed by atoms with Crippen LogP contribution in [0.25, 0.3) is 5.65 Å². The highest BCUT2D eigenvalue weighted by molar-refractivity contribution is 5.44. The molecule has 0 amide bonds. The number of rotatable bonds is 3. The zero-order valence-corrected chi connectivity index (χ0v) is 9.12. The molecule has 0 spiro atoms. The first-order chi connectivity index (χ1) is 8.31. The van der Waals surface area contributed by atoms with E-state index in [1.165, 1.54) is 0 Å². The Labute approximate surface area is 96.1 Å². The molecule has 0 unspecified atom stereocenters. The molecule has 0 aliphatic heterocycles. The van der Waals surface area contributed by atoms with Gasteiger partial charge in [-0.3, -0.25) is 0 Å². The Morgan fingerprint density at radius 1 is 1.41 bits per heavy atom. The molecule has 3 rings (SSSR count). The first-order valence-electron chi connectivity index (χ1n) is 5.10. The van der Waals surface area contributed by atoms with Gasteiger partial charge in [0, 0.05) is 6.20 Å². The number of fused-ring (bicyclic) bond motifs is 1. The summed E-state index contributed by atoms with van der Waals surface area (Å²) < 4.78 is 1.73. The van der Waals surface area contributed by atoms with E-state index in [0.717, 1.165) is 11.2 Å². The van der Waals surface area contributed by atoms with Crippen LogP contribution in [-0.2, 0) is 6.54 Å². The third-order valence-electron chi connectivity index (χ3n) is 2.27. The number of aryl methyl sites for hydroxylation is 1. The number of tetrazole rings is 1. The Hall–Kier alpha value is -2.51. The third-order valence-corrected chi connectivity index (χ3v) is 2.27. The van der Waals surface area contributed by atoms with Crippen LogP contribution in [0, 0.1) is 6.92 Å². The second kappa shape index (κ2) is 3.81. The van der Waals surface area contributed by atoms with Crippen molar-refractivity contribution in [1.82, 2.24) is 35.2 Å². The highest BCUT2D eigenvalue weighted by Gasteiger charge is 2.04. The number of anilines is 1.